The minimum absolute atomic E-state index is 0.104. The first-order valence-corrected chi connectivity index (χ1v) is 6.82. The van der Waals surface area contributed by atoms with Gasteiger partial charge in [0.15, 0.2) is 6.61 Å². The minimum atomic E-state index is -0.377. The molecule has 0 amide bonds. The van der Waals surface area contributed by atoms with Gasteiger partial charge in [0.2, 0.25) is 0 Å². The monoisotopic (exact) mass is 281 g/mol. The van der Waals surface area contributed by atoms with E-state index in [-0.39, 0.29) is 18.6 Å². The maximum absolute atomic E-state index is 11.4. The molecule has 20 heavy (non-hydrogen) atoms. The van der Waals surface area contributed by atoms with Gasteiger partial charge in [-0.05, 0) is 26.5 Å². The lowest BCUT2D eigenvalue weighted by atomic mass is 10.1. The number of ether oxygens (including phenoxy) is 3. The number of methoxy groups -OCH3 is 1. The van der Waals surface area contributed by atoms with E-state index >= 15 is 0 Å². The Balaban J connectivity index is 2.86. The summed E-state index contributed by atoms with van der Waals surface area (Å²) in [6.07, 6.45) is 0. The Morgan fingerprint density at radius 1 is 1.35 bits per heavy atom. The third kappa shape index (κ3) is 4.74. The summed E-state index contributed by atoms with van der Waals surface area (Å²) in [7, 11) is 1.60. The lowest BCUT2D eigenvalue weighted by Gasteiger charge is -2.18. The summed E-state index contributed by atoms with van der Waals surface area (Å²) in [5.41, 5.74) is 0.983. The summed E-state index contributed by atoms with van der Waals surface area (Å²) in [5.74, 6) is 0.944. The first-order valence-electron chi connectivity index (χ1n) is 6.82. The first-order chi connectivity index (χ1) is 9.62. The second-order valence-corrected chi connectivity index (χ2v) is 4.28. The standard InChI is InChI=1S/C15H23NO4/c1-5-16-11(3)13-8-7-12(18-4)9-14(13)20-10-15(17)19-6-2/h7-9,11,16H,5-6,10H2,1-4H3. The Morgan fingerprint density at radius 2 is 2.10 bits per heavy atom. The molecule has 0 aliphatic rings. The number of rotatable bonds is 8. The fourth-order valence-corrected chi connectivity index (χ4v) is 1.88. The molecular formula is C15H23NO4. The molecule has 0 saturated heterocycles. The molecule has 1 N–H and O–H groups in total. The molecule has 5 heteroatoms. The molecule has 0 bridgehead atoms. The van der Waals surface area contributed by atoms with Crippen molar-refractivity contribution in [1.29, 1.82) is 0 Å². The van der Waals surface area contributed by atoms with Crippen molar-refractivity contribution < 1.29 is 19.0 Å². The molecule has 0 aliphatic carbocycles. The minimum Gasteiger partial charge on any atom is -0.497 e. The SMILES string of the molecule is CCNC(C)c1ccc(OC)cc1OCC(=O)OCC. The maximum Gasteiger partial charge on any atom is 0.344 e. The summed E-state index contributed by atoms with van der Waals surface area (Å²) < 4.78 is 15.6. The van der Waals surface area contributed by atoms with E-state index in [1.165, 1.54) is 0 Å². The fraction of sp³-hybridized carbons (Fsp3) is 0.533. The predicted molar refractivity (Wildman–Crippen MR) is 77.2 cm³/mol. The van der Waals surface area contributed by atoms with Crippen molar-refractivity contribution in [3.05, 3.63) is 23.8 Å². The Labute approximate surface area is 120 Å². The Kier molecular flexibility index (Phi) is 6.87. The zero-order valence-electron chi connectivity index (χ0n) is 12.6. The van der Waals surface area contributed by atoms with E-state index in [1.54, 1.807) is 20.1 Å². The van der Waals surface area contributed by atoms with Crippen LogP contribution in [0.15, 0.2) is 18.2 Å². The Morgan fingerprint density at radius 3 is 2.70 bits per heavy atom. The molecule has 0 aromatic heterocycles. The van der Waals surface area contributed by atoms with Crippen molar-refractivity contribution in [3.63, 3.8) is 0 Å². The molecule has 1 aromatic carbocycles. The smallest absolute Gasteiger partial charge is 0.344 e. The van der Waals surface area contributed by atoms with Crippen LogP contribution in [0.4, 0.5) is 0 Å². The van der Waals surface area contributed by atoms with Crippen LogP contribution in [-0.2, 0) is 9.53 Å². The number of carbonyl (C=O) groups is 1. The van der Waals surface area contributed by atoms with Crippen LogP contribution in [0.1, 0.15) is 32.4 Å². The van der Waals surface area contributed by atoms with Gasteiger partial charge in [0, 0.05) is 17.7 Å². The van der Waals surface area contributed by atoms with Crippen LogP contribution in [0.3, 0.4) is 0 Å². The quantitative estimate of drug-likeness (QED) is 0.741. The van der Waals surface area contributed by atoms with E-state index in [1.807, 2.05) is 26.0 Å². The Bertz CT molecular complexity index is 434. The maximum atomic E-state index is 11.4. The van der Waals surface area contributed by atoms with Gasteiger partial charge in [0.1, 0.15) is 11.5 Å². The molecule has 1 aromatic rings. The van der Waals surface area contributed by atoms with Crippen LogP contribution in [0, 0.1) is 0 Å². The van der Waals surface area contributed by atoms with Crippen molar-refractivity contribution in [2.45, 2.75) is 26.8 Å². The van der Waals surface area contributed by atoms with Gasteiger partial charge in [-0.25, -0.2) is 4.79 Å². The van der Waals surface area contributed by atoms with Gasteiger partial charge in [-0.3, -0.25) is 0 Å². The lowest BCUT2D eigenvalue weighted by molar-refractivity contribution is -0.145. The van der Waals surface area contributed by atoms with Gasteiger partial charge in [0.05, 0.1) is 13.7 Å². The van der Waals surface area contributed by atoms with E-state index in [9.17, 15) is 4.79 Å². The van der Waals surface area contributed by atoms with E-state index in [0.717, 1.165) is 12.1 Å². The fourth-order valence-electron chi connectivity index (χ4n) is 1.88. The number of carbonyl (C=O) groups excluding carboxylic acids is 1. The van der Waals surface area contributed by atoms with Crippen LogP contribution in [0.5, 0.6) is 11.5 Å². The summed E-state index contributed by atoms with van der Waals surface area (Å²) in [6.45, 7) is 6.95. The van der Waals surface area contributed by atoms with Crippen LogP contribution in [0.2, 0.25) is 0 Å². The summed E-state index contributed by atoms with van der Waals surface area (Å²) >= 11 is 0. The van der Waals surface area contributed by atoms with Crippen molar-refractivity contribution in [3.8, 4) is 11.5 Å². The average Bonchev–Trinajstić information content (AvgIpc) is 2.45. The molecule has 112 valence electrons. The van der Waals surface area contributed by atoms with E-state index in [2.05, 4.69) is 5.32 Å². The summed E-state index contributed by atoms with van der Waals surface area (Å²) in [4.78, 5) is 11.4. The second-order valence-electron chi connectivity index (χ2n) is 4.28. The molecule has 0 spiro atoms. The van der Waals surface area contributed by atoms with Crippen LogP contribution in [-0.4, -0.2) is 32.8 Å². The normalized spacial score (nSPS) is 11.8. The van der Waals surface area contributed by atoms with Crippen LogP contribution in [0.25, 0.3) is 0 Å². The molecule has 1 rings (SSSR count). The zero-order chi connectivity index (χ0) is 15.0. The first kappa shape index (κ1) is 16.3. The molecule has 0 saturated carbocycles. The number of benzene rings is 1. The summed E-state index contributed by atoms with van der Waals surface area (Å²) in [6, 6.07) is 5.72. The predicted octanol–water partition coefficient (Wildman–Crippen LogP) is 2.31. The van der Waals surface area contributed by atoms with Crippen molar-refractivity contribution in [2.75, 3.05) is 26.9 Å². The largest absolute Gasteiger partial charge is 0.497 e. The van der Waals surface area contributed by atoms with Gasteiger partial charge in [-0.15, -0.1) is 0 Å². The topological polar surface area (TPSA) is 56.8 Å². The molecule has 0 radical (unpaired) electrons. The van der Waals surface area contributed by atoms with Crippen LogP contribution >= 0.6 is 0 Å². The van der Waals surface area contributed by atoms with Crippen molar-refractivity contribution in [1.82, 2.24) is 5.32 Å². The Hall–Kier alpha value is -1.75. The molecule has 1 atom stereocenters. The van der Waals surface area contributed by atoms with Gasteiger partial charge < -0.3 is 19.5 Å². The highest BCUT2D eigenvalue weighted by molar-refractivity contribution is 5.71. The van der Waals surface area contributed by atoms with Crippen molar-refractivity contribution >= 4 is 5.97 Å². The lowest BCUT2D eigenvalue weighted by Crippen LogP contribution is -2.20. The zero-order valence-corrected chi connectivity index (χ0v) is 12.6. The molecule has 0 heterocycles. The molecule has 5 nitrogen and oxygen atoms in total. The number of hydrogen-bond acceptors (Lipinski definition) is 5. The third-order valence-electron chi connectivity index (χ3n) is 2.85. The highest BCUT2D eigenvalue weighted by Gasteiger charge is 2.13. The van der Waals surface area contributed by atoms with E-state index in [0.29, 0.717) is 18.1 Å². The van der Waals surface area contributed by atoms with Crippen molar-refractivity contribution in [2.24, 2.45) is 0 Å². The number of esters is 1. The molecule has 0 fully saturated rings. The molecule has 0 aliphatic heterocycles. The highest BCUT2D eigenvalue weighted by Crippen LogP contribution is 2.29. The van der Waals surface area contributed by atoms with E-state index in [4.69, 9.17) is 14.2 Å². The third-order valence-corrected chi connectivity index (χ3v) is 2.85. The van der Waals surface area contributed by atoms with Gasteiger partial charge >= 0.3 is 5.97 Å². The number of nitrogens with one attached hydrogen (secondary N) is 1. The molecular weight excluding hydrogens is 258 g/mol. The average molecular weight is 281 g/mol. The second kappa shape index (κ2) is 8.43. The number of hydrogen-bond donors (Lipinski definition) is 1. The van der Waals surface area contributed by atoms with Gasteiger partial charge in [0.25, 0.3) is 0 Å². The van der Waals surface area contributed by atoms with Gasteiger partial charge in [-0.2, -0.15) is 0 Å². The van der Waals surface area contributed by atoms with Crippen LogP contribution < -0.4 is 14.8 Å². The molecule has 1 unspecified atom stereocenters. The summed E-state index contributed by atoms with van der Waals surface area (Å²) in [5, 5.41) is 3.32. The van der Waals surface area contributed by atoms with E-state index < -0.39 is 0 Å². The van der Waals surface area contributed by atoms with Gasteiger partial charge in [-0.1, -0.05) is 13.0 Å². The highest BCUT2D eigenvalue weighted by atomic mass is 16.6.